The van der Waals surface area contributed by atoms with Crippen molar-refractivity contribution < 1.29 is 33.4 Å². The van der Waals surface area contributed by atoms with Gasteiger partial charge in [0.1, 0.15) is 11.5 Å². The molecule has 2 unspecified atom stereocenters. The van der Waals surface area contributed by atoms with Crippen LogP contribution in [0, 0.1) is 0 Å². The molecule has 1 aromatic heterocycles. The van der Waals surface area contributed by atoms with E-state index in [4.69, 9.17) is 18.6 Å². The number of nitrogens with zero attached hydrogens (tertiary/aromatic N) is 2. The van der Waals surface area contributed by atoms with Gasteiger partial charge in [-0.1, -0.05) is 39.8 Å². The molecule has 0 amide bonds. The standard InChI is InChI=1S/C36H46N2O7Si/c1-22-15-31(39)27-13-14-36(34(40)44-8,20-23-11-12-26(42-6)18-32(23)43-7)38(41)33(27)29-17-24-16-25(37(5)30(24)19-28(22)29)21-45-46(9,10)35(2,3)4/h11-14,16-19,22,41H,15,20-21H2,1-10H3. The van der Waals surface area contributed by atoms with Crippen molar-refractivity contribution >= 4 is 36.7 Å². The Bertz CT molecular complexity index is 1760. The van der Waals surface area contributed by atoms with Gasteiger partial charge >= 0.3 is 5.97 Å². The molecule has 10 heteroatoms. The van der Waals surface area contributed by atoms with Crippen LogP contribution < -0.4 is 9.47 Å². The number of hydrogen-bond acceptors (Lipinski definition) is 8. The molecule has 246 valence electrons. The molecule has 46 heavy (non-hydrogen) atoms. The summed E-state index contributed by atoms with van der Waals surface area (Å²) in [6.07, 6.45) is 3.50. The van der Waals surface area contributed by atoms with Gasteiger partial charge in [0, 0.05) is 53.7 Å². The highest BCUT2D eigenvalue weighted by atomic mass is 28.4. The molecule has 2 heterocycles. The minimum atomic E-state index is -1.98. The van der Waals surface area contributed by atoms with Gasteiger partial charge in [0.2, 0.25) is 0 Å². The molecule has 0 saturated carbocycles. The van der Waals surface area contributed by atoms with E-state index < -0.39 is 19.8 Å². The third-order valence-electron chi connectivity index (χ3n) is 10.1. The Morgan fingerprint density at radius 3 is 2.43 bits per heavy atom. The molecule has 3 aromatic rings. The van der Waals surface area contributed by atoms with Gasteiger partial charge in [-0.05, 0) is 65.5 Å². The van der Waals surface area contributed by atoms with Crippen LogP contribution in [0.3, 0.4) is 0 Å². The summed E-state index contributed by atoms with van der Waals surface area (Å²) in [6.45, 7) is 13.7. The molecule has 0 spiro atoms. The molecule has 1 aliphatic carbocycles. The van der Waals surface area contributed by atoms with Gasteiger partial charge in [0.05, 0.1) is 33.6 Å². The number of aromatic nitrogens is 1. The molecule has 1 aliphatic heterocycles. The molecule has 5 rings (SSSR count). The van der Waals surface area contributed by atoms with Crippen LogP contribution in [0.25, 0.3) is 16.6 Å². The summed E-state index contributed by atoms with van der Waals surface area (Å²) in [5.41, 5.74) is 3.28. The topological polar surface area (TPSA) is 99.5 Å². The maximum absolute atomic E-state index is 13.7. The van der Waals surface area contributed by atoms with Crippen LogP contribution in [0.15, 0.2) is 54.1 Å². The monoisotopic (exact) mass is 646 g/mol. The van der Waals surface area contributed by atoms with E-state index in [0.29, 0.717) is 34.8 Å². The van der Waals surface area contributed by atoms with Crippen molar-refractivity contribution in [2.75, 3.05) is 21.3 Å². The first-order chi connectivity index (χ1) is 21.6. The van der Waals surface area contributed by atoms with Crippen LogP contribution in [0.1, 0.15) is 62.4 Å². The molecule has 0 saturated heterocycles. The summed E-state index contributed by atoms with van der Waals surface area (Å²) < 4.78 is 25.0. The van der Waals surface area contributed by atoms with Gasteiger partial charge in [0.25, 0.3) is 0 Å². The number of aryl methyl sites for hydroxylation is 1. The fourth-order valence-electron chi connectivity index (χ4n) is 6.17. The van der Waals surface area contributed by atoms with Crippen molar-refractivity contribution in [1.29, 1.82) is 0 Å². The van der Waals surface area contributed by atoms with E-state index in [2.05, 4.69) is 50.6 Å². The highest BCUT2D eigenvalue weighted by molar-refractivity contribution is 6.74. The van der Waals surface area contributed by atoms with Crippen molar-refractivity contribution in [2.45, 2.75) is 76.7 Å². The zero-order chi connectivity index (χ0) is 33.8. The number of carbonyl (C=O) groups is 2. The smallest absolute Gasteiger partial charge is 0.338 e. The number of Topliss-reactive ketones (excluding diaryl/α,β-unsaturated/α-hetero) is 1. The maximum atomic E-state index is 13.7. The normalized spacial score (nSPS) is 20.0. The molecule has 2 aromatic carbocycles. The molecular formula is C36H46N2O7Si. The average molecular weight is 647 g/mol. The van der Waals surface area contributed by atoms with Crippen LogP contribution in [0.5, 0.6) is 11.5 Å². The van der Waals surface area contributed by atoms with E-state index in [1.165, 1.54) is 14.2 Å². The predicted octanol–water partition coefficient (Wildman–Crippen LogP) is 6.92. The van der Waals surface area contributed by atoms with Crippen molar-refractivity contribution in [3.8, 4) is 11.5 Å². The van der Waals surface area contributed by atoms with Gasteiger partial charge in [-0.3, -0.25) is 10.0 Å². The zero-order valence-electron chi connectivity index (χ0n) is 28.6. The fraction of sp³-hybridized carbons (Fsp3) is 0.444. The Morgan fingerprint density at radius 2 is 1.80 bits per heavy atom. The number of rotatable bonds is 8. The van der Waals surface area contributed by atoms with Gasteiger partial charge < -0.3 is 23.2 Å². The van der Waals surface area contributed by atoms with Crippen LogP contribution in [0.2, 0.25) is 18.1 Å². The second kappa shape index (κ2) is 12.1. The third-order valence-corrected chi connectivity index (χ3v) is 14.6. The summed E-state index contributed by atoms with van der Waals surface area (Å²) in [5.74, 6) is 0.176. The number of ketones is 1. The van der Waals surface area contributed by atoms with Crippen molar-refractivity contribution in [1.82, 2.24) is 9.63 Å². The highest BCUT2D eigenvalue weighted by Crippen LogP contribution is 2.46. The lowest BCUT2D eigenvalue weighted by Gasteiger charge is -2.41. The quantitative estimate of drug-likeness (QED) is 0.208. The fourth-order valence-corrected chi connectivity index (χ4v) is 7.11. The molecule has 9 nitrogen and oxygen atoms in total. The number of ether oxygens (including phenoxy) is 3. The molecule has 2 aliphatic rings. The predicted molar refractivity (Wildman–Crippen MR) is 181 cm³/mol. The van der Waals surface area contributed by atoms with Crippen molar-refractivity contribution in [3.05, 3.63) is 76.5 Å². The van der Waals surface area contributed by atoms with E-state index in [0.717, 1.165) is 27.2 Å². The lowest BCUT2D eigenvalue weighted by atomic mass is 9.83. The molecule has 0 fully saturated rings. The number of hydroxylamine groups is 2. The first kappa shape index (κ1) is 33.5. The lowest BCUT2D eigenvalue weighted by Crippen LogP contribution is -2.54. The summed E-state index contributed by atoms with van der Waals surface area (Å²) >= 11 is 0. The summed E-state index contributed by atoms with van der Waals surface area (Å²) in [6, 6.07) is 11.5. The lowest BCUT2D eigenvalue weighted by molar-refractivity contribution is -0.170. The molecule has 1 N–H and O–H groups in total. The SMILES string of the molecule is COC(=O)C1(Cc2ccc(OC)cc2OC)C=CC2=C(c3cc4cc(CO[Si](C)(C)C(C)(C)C)n(C)c4cc3C(C)CC2=O)N1O. The Balaban J connectivity index is 1.64. The number of benzene rings is 2. The number of carbonyl (C=O) groups excluding carboxylic acids is 2. The first-order valence-electron chi connectivity index (χ1n) is 15.6. The Kier molecular flexibility index (Phi) is 8.78. The number of methoxy groups -OCH3 is 3. The molecule has 0 bridgehead atoms. The largest absolute Gasteiger partial charge is 0.497 e. The van der Waals surface area contributed by atoms with Crippen LogP contribution in [-0.4, -0.2) is 61.8 Å². The van der Waals surface area contributed by atoms with Crippen molar-refractivity contribution in [3.63, 3.8) is 0 Å². The minimum Gasteiger partial charge on any atom is -0.497 e. The van der Waals surface area contributed by atoms with Gasteiger partial charge in [-0.2, -0.15) is 0 Å². The average Bonchev–Trinajstić information content (AvgIpc) is 3.27. The second-order valence-corrected chi connectivity index (χ2v) is 18.8. The van der Waals surface area contributed by atoms with Crippen LogP contribution in [-0.2, 0) is 38.8 Å². The van der Waals surface area contributed by atoms with Gasteiger partial charge in [-0.25, -0.2) is 9.86 Å². The number of hydrogen-bond donors (Lipinski definition) is 1. The Morgan fingerprint density at radius 1 is 1.09 bits per heavy atom. The van der Waals surface area contributed by atoms with E-state index in [9.17, 15) is 14.8 Å². The summed E-state index contributed by atoms with van der Waals surface area (Å²) in [5, 5.41) is 14.2. The van der Waals surface area contributed by atoms with E-state index in [-0.39, 0.29) is 35.3 Å². The number of esters is 1. The van der Waals surface area contributed by atoms with E-state index in [1.807, 2.05) is 20.0 Å². The number of allylic oxidation sites excluding steroid dienone is 2. The van der Waals surface area contributed by atoms with Gasteiger partial charge in [0.15, 0.2) is 19.6 Å². The molecule has 2 atom stereocenters. The summed E-state index contributed by atoms with van der Waals surface area (Å²) in [7, 11) is 4.43. The van der Waals surface area contributed by atoms with Crippen LogP contribution >= 0.6 is 0 Å². The van der Waals surface area contributed by atoms with Crippen molar-refractivity contribution in [2.24, 2.45) is 7.05 Å². The second-order valence-electron chi connectivity index (χ2n) is 13.9. The van der Waals surface area contributed by atoms with Gasteiger partial charge in [-0.15, -0.1) is 0 Å². The minimum absolute atomic E-state index is 0.0121. The van der Waals surface area contributed by atoms with E-state index >= 15 is 0 Å². The first-order valence-corrected chi connectivity index (χ1v) is 18.5. The van der Waals surface area contributed by atoms with E-state index in [1.54, 1.807) is 37.5 Å². The Hall–Kier alpha value is -3.86. The van der Waals surface area contributed by atoms with Crippen LogP contribution in [0.4, 0.5) is 0 Å². The number of fused-ring (bicyclic) bond motifs is 3. The zero-order valence-corrected chi connectivity index (χ0v) is 29.6. The highest BCUT2D eigenvalue weighted by Gasteiger charge is 2.49. The summed E-state index contributed by atoms with van der Waals surface area (Å²) in [4.78, 5) is 27.3. The maximum Gasteiger partial charge on any atom is 0.338 e. The third kappa shape index (κ3) is 5.56. The Labute approximate surface area is 272 Å². The molecular weight excluding hydrogens is 600 g/mol. The molecule has 0 radical (unpaired) electrons.